The summed E-state index contributed by atoms with van der Waals surface area (Å²) in [5.74, 6) is -0.610. The molecule has 4 rings (SSSR count). The largest absolute Gasteiger partial charge is 0.492 e. The summed E-state index contributed by atoms with van der Waals surface area (Å²) in [6.07, 6.45) is 3.66. The number of hydrogen-bond donors (Lipinski definition) is 0. The predicted octanol–water partition coefficient (Wildman–Crippen LogP) is 4.07. The number of carbonyl (C=O) groups excluding carboxylic acids is 1. The van der Waals surface area contributed by atoms with Crippen LogP contribution >= 0.6 is 0 Å². The topological polar surface area (TPSA) is 82.6 Å². The van der Waals surface area contributed by atoms with Crippen LogP contribution in [0.1, 0.15) is 39.6 Å². The van der Waals surface area contributed by atoms with Gasteiger partial charge in [-0.3, -0.25) is 9.78 Å². The first-order valence-electron chi connectivity index (χ1n) is 9.61. The molecule has 0 aliphatic carbocycles. The Labute approximate surface area is 179 Å². The van der Waals surface area contributed by atoms with E-state index in [1.165, 1.54) is 12.1 Å². The molecule has 2 heterocycles. The Morgan fingerprint density at radius 3 is 2.58 bits per heavy atom. The van der Waals surface area contributed by atoms with Crippen molar-refractivity contribution in [1.29, 1.82) is 0 Å². The molecule has 3 aromatic rings. The molecule has 31 heavy (non-hydrogen) atoms. The lowest BCUT2D eigenvalue weighted by Crippen LogP contribution is -2.18. The average molecular weight is 441 g/mol. The maximum absolute atomic E-state index is 15.0. The third kappa shape index (κ3) is 4.16. The van der Waals surface area contributed by atoms with Gasteiger partial charge in [0.25, 0.3) is 0 Å². The molecule has 6 nitrogen and oxygen atoms in total. The molecule has 1 aromatic heterocycles. The van der Waals surface area contributed by atoms with Crippen LogP contribution in [-0.4, -0.2) is 32.0 Å². The fourth-order valence-electron chi connectivity index (χ4n) is 3.55. The van der Waals surface area contributed by atoms with Gasteiger partial charge in [0.15, 0.2) is 27.2 Å². The third-order valence-electron chi connectivity index (χ3n) is 5.12. The molecule has 0 unspecified atom stereocenters. The Morgan fingerprint density at radius 1 is 1.13 bits per heavy atom. The first-order valence-corrected chi connectivity index (χ1v) is 11.5. The van der Waals surface area contributed by atoms with Gasteiger partial charge in [-0.1, -0.05) is 12.1 Å². The predicted molar refractivity (Wildman–Crippen MR) is 112 cm³/mol. The Morgan fingerprint density at radius 2 is 1.87 bits per heavy atom. The van der Waals surface area contributed by atoms with Crippen LogP contribution in [0.25, 0.3) is 0 Å². The first kappa shape index (κ1) is 21.0. The highest BCUT2D eigenvalue weighted by Crippen LogP contribution is 2.40. The fourth-order valence-corrected chi connectivity index (χ4v) is 4.23. The number of ketones is 1. The molecule has 0 amide bonds. The summed E-state index contributed by atoms with van der Waals surface area (Å²) in [7, 11) is -3.45. The van der Waals surface area contributed by atoms with Crippen molar-refractivity contribution < 1.29 is 27.1 Å². The van der Waals surface area contributed by atoms with Crippen LogP contribution < -0.4 is 9.47 Å². The van der Waals surface area contributed by atoms with Gasteiger partial charge in [0.05, 0.1) is 17.1 Å². The second-order valence-corrected chi connectivity index (χ2v) is 9.35. The van der Waals surface area contributed by atoms with Crippen LogP contribution in [0.5, 0.6) is 11.5 Å². The maximum Gasteiger partial charge on any atom is 0.175 e. The lowest BCUT2D eigenvalue weighted by molar-refractivity contribution is 0.0931. The van der Waals surface area contributed by atoms with Crippen molar-refractivity contribution in [2.75, 3.05) is 12.9 Å². The summed E-state index contributed by atoms with van der Waals surface area (Å²) >= 11 is 0. The molecule has 160 valence electrons. The van der Waals surface area contributed by atoms with Crippen molar-refractivity contribution in [3.63, 3.8) is 0 Å². The van der Waals surface area contributed by atoms with Crippen molar-refractivity contribution in [3.05, 3.63) is 82.9 Å². The maximum atomic E-state index is 15.0. The monoisotopic (exact) mass is 441 g/mol. The molecule has 1 atom stereocenters. The lowest BCUT2D eigenvalue weighted by Gasteiger charge is -2.25. The average Bonchev–Trinajstić information content (AvgIpc) is 2.75. The molecule has 1 aliphatic heterocycles. The van der Waals surface area contributed by atoms with Crippen LogP contribution in [0.15, 0.2) is 59.8 Å². The Balaban J connectivity index is 1.83. The number of carbonyl (C=O) groups is 1. The second kappa shape index (κ2) is 8.11. The number of aromatic nitrogens is 1. The molecule has 0 spiro atoms. The fraction of sp³-hybridized carbons (Fsp3) is 0.217. The van der Waals surface area contributed by atoms with Crippen LogP contribution in [0, 0.1) is 12.7 Å². The molecule has 0 saturated carbocycles. The Hall–Kier alpha value is -3.26. The van der Waals surface area contributed by atoms with Gasteiger partial charge < -0.3 is 9.47 Å². The number of benzene rings is 2. The highest BCUT2D eigenvalue weighted by molar-refractivity contribution is 7.90. The van der Waals surface area contributed by atoms with Gasteiger partial charge in [0, 0.05) is 30.6 Å². The minimum atomic E-state index is -3.45. The quantitative estimate of drug-likeness (QED) is 0.594. The zero-order valence-electron chi connectivity index (χ0n) is 17.0. The number of rotatable bonds is 5. The zero-order valence-corrected chi connectivity index (χ0v) is 17.8. The van der Waals surface area contributed by atoms with Crippen LogP contribution in [0.4, 0.5) is 4.39 Å². The number of ether oxygens (including phenoxy) is 2. The van der Waals surface area contributed by atoms with Crippen molar-refractivity contribution in [2.24, 2.45) is 0 Å². The Bertz CT molecular complexity index is 1260. The Kier molecular flexibility index (Phi) is 5.49. The van der Waals surface area contributed by atoms with Crippen molar-refractivity contribution >= 4 is 15.6 Å². The number of fused-ring (bicyclic) bond motifs is 1. The number of halogens is 1. The molecule has 1 aliphatic rings. The van der Waals surface area contributed by atoms with Gasteiger partial charge in [0.1, 0.15) is 11.9 Å². The smallest absolute Gasteiger partial charge is 0.175 e. The molecule has 0 bridgehead atoms. The van der Waals surface area contributed by atoms with E-state index in [0.717, 1.165) is 12.3 Å². The van der Waals surface area contributed by atoms with Gasteiger partial charge in [-0.2, -0.15) is 0 Å². The minimum Gasteiger partial charge on any atom is -0.492 e. The van der Waals surface area contributed by atoms with E-state index < -0.39 is 21.8 Å². The third-order valence-corrected chi connectivity index (χ3v) is 6.23. The van der Waals surface area contributed by atoms with Crippen molar-refractivity contribution in [3.8, 4) is 11.5 Å². The molecule has 0 N–H and O–H groups in total. The summed E-state index contributed by atoms with van der Waals surface area (Å²) < 4.78 is 50.9. The summed E-state index contributed by atoms with van der Waals surface area (Å²) in [6, 6.07) is 10.9. The number of sulfone groups is 1. The molecular weight excluding hydrogens is 421 g/mol. The molecule has 2 aromatic carbocycles. The second-order valence-electron chi connectivity index (χ2n) is 7.33. The lowest BCUT2D eigenvalue weighted by atomic mass is 9.99. The number of pyridine rings is 1. The molecule has 0 radical (unpaired) electrons. The van der Waals surface area contributed by atoms with E-state index in [9.17, 15) is 13.2 Å². The van der Waals surface area contributed by atoms with Gasteiger partial charge in [0.2, 0.25) is 0 Å². The number of hydrogen-bond acceptors (Lipinski definition) is 6. The summed E-state index contributed by atoms with van der Waals surface area (Å²) in [5, 5.41) is 0. The van der Waals surface area contributed by atoms with Crippen LogP contribution in [-0.2, 0) is 9.84 Å². The van der Waals surface area contributed by atoms with E-state index >= 15 is 4.39 Å². The summed E-state index contributed by atoms with van der Waals surface area (Å²) in [6.45, 7) is 1.86. The van der Waals surface area contributed by atoms with E-state index in [1.807, 2.05) is 0 Å². The van der Waals surface area contributed by atoms with E-state index in [2.05, 4.69) is 4.98 Å². The standard InChI is InChI=1S/C23H20FNO5S/c1-14-21-18(20(26)8-11-29-21)13-19(24)22(14)30-23(15-6-9-25-10-7-15)16-4-3-5-17(12-16)31(2,27)28/h3-7,9-10,12-13,23H,8,11H2,1-2H3/t23-/m0/s1. The zero-order chi connectivity index (χ0) is 22.2. The first-order chi connectivity index (χ1) is 14.8. The van der Waals surface area contributed by atoms with E-state index in [-0.39, 0.29) is 35.0 Å². The molecular formula is C23H20FNO5S. The summed E-state index contributed by atoms with van der Waals surface area (Å²) in [4.78, 5) is 16.3. The van der Waals surface area contributed by atoms with E-state index in [0.29, 0.717) is 22.4 Å². The molecule has 0 fully saturated rings. The minimum absolute atomic E-state index is 0.0555. The SMILES string of the molecule is Cc1c(O[C@@H](c2ccncc2)c2cccc(S(C)(=O)=O)c2)c(F)cc2c1OCCC2=O. The van der Waals surface area contributed by atoms with E-state index in [1.54, 1.807) is 43.6 Å². The van der Waals surface area contributed by atoms with Gasteiger partial charge in [-0.05, 0) is 48.4 Å². The number of Topliss-reactive ketones (excluding diaryl/α,β-unsaturated/α-hetero) is 1. The van der Waals surface area contributed by atoms with Crippen molar-refractivity contribution in [1.82, 2.24) is 4.98 Å². The molecule has 8 heteroatoms. The highest BCUT2D eigenvalue weighted by atomic mass is 32.2. The van der Waals surface area contributed by atoms with Crippen LogP contribution in [0.2, 0.25) is 0 Å². The molecule has 0 saturated heterocycles. The van der Waals surface area contributed by atoms with Crippen LogP contribution in [0.3, 0.4) is 0 Å². The normalized spacial score (nSPS) is 14.5. The summed E-state index contributed by atoms with van der Waals surface area (Å²) in [5.41, 5.74) is 1.77. The van der Waals surface area contributed by atoms with Gasteiger partial charge >= 0.3 is 0 Å². The number of nitrogens with zero attached hydrogens (tertiary/aromatic N) is 1. The van der Waals surface area contributed by atoms with Crippen molar-refractivity contribution in [2.45, 2.75) is 24.3 Å². The van der Waals surface area contributed by atoms with E-state index in [4.69, 9.17) is 9.47 Å². The van der Waals surface area contributed by atoms with Gasteiger partial charge in [-0.25, -0.2) is 12.8 Å². The highest BCUT2D eigenvalue weighted by Gasteiger charge is 2.28. The van der Waals surface area contributed by atoms with Gasteiger partial charge in [-0.15, -0.1) is 0 Å².